The quantitative estimate of drug-likeness (QED) is 0.0935. The summed E-state index contributed by atoms with van der Waals surface area (Å²) in [5.74, 6) is -0.161. The summed E-state index contributed by atoms with van der Waals surface area (Å²) in [6.07, 6.45) is -3.44. The number of rotatable bonds is 7. The van der Waals surface area contributed by atoms with Gasteiger partial charge in [0.15, 0.2) is 5.82 Å². The van der Waals surface area contributed by atoms with Crippen LogP contribution in [0.3, 0.4) is 0 Å². The lowest BCUT2D eigenvalue weighted by Gasteiger charge is -2.12. The van der Waals surface area contributed by atoms with Crippen molar-refractivity contribution in [3.05, 3.63) is 129 Å². The van der Waals surface area contributed by atoms with Crippen molar-refractivity contribution in [3.8, 4) is 17.1 Å². The summed E-state index contributed by atoms with van der Waals surface area (Å²) in [7, 11) is 0. The summed E-state index contributed by atoms with van der Waals surface area (Å²) in [5.41, 5.74) is -0.693. The Labute approximate surface area is 266 Å². The first-order valence-electron chi connectivity index (χ1n) is 12.2. The number of hydrogen-bond acceptors (Lipinski definition) is 6. The third kappa shape index (κ3) is 6.71. The van der Waals surface area contributed by atoms with Gasteiger partial charge in [-0.15, -0.1) is 0 Å². The highest BCUT2D eigenvalue weighted by atomic mass is 79.9. The minimum atomic E-state index is -4.62. The SMILES string of the molecule is O=c1c2ccccc2nc(-c2cccc(C(F)(F)F)c2)n1N=Cc1cc(Br)c(OCc2ccc(Br)cc2Br)c([N+](=O)[O-])c1. The molecular weight excluding hydrogens is 765 g/mol. The molecule has 5 aromatic rings. The fraction of sp³-hybridized carbons (Fsp3) is 0.0690. The second-order valence-electron chi connectivity index (χ2n) is 9.03. The molecule has 0 atom stereocenters. The van der Waals surface area contributed by atoms with Gasteiger partial charge in [0.05, 0.1) is 32.1 Å². The van der Waals surface area contributed by atoms with Crippen molar-refractivity contribution >= 4 is 70.6 Å². The molecule has 14 heteroatoms. The third-order valence-corrected chi connectivity index (χ3v) is 7.97. The van der Waals surface area contributed by atoms with Gasteiger partial charge in [-0.3, -0.25) is 14.9 Å². The van der Waals surface area contributed by atoms with E-state index in [1.807, 2.05) is 12.1 Å². The predicted molar refractivity (Wildman–Crippen MR) is 166 cm³/mol. The smallest absolute Gasteiger partial charge is 0.416 e. The van der Waals surface area contributed by atoms with E-state index in [2.05, 4.69) is 57.9 Å². The zero-order chi connectivity index (χ0) is 30.9. The molecule has 1 aromatic heterocycles. The molecule has 0 unspecified atom stereocenters. The Balaban J connectivity index is 1.57. The van der Waals surface area contributed by atoms with E-state index in [1.165, 1.54) is 36.5 Å². The minimum Gasteiger partial charge on any atom is -0.481 e. The van der Waals surface area contributed by atoms with Crippen molar-refractivity contribution in [1.82, 2.24) is 9.66 Å². The fourth-order valence-electron chi connectivity index (χ4n) is 4.12. The van der Waals surface area contributed by atoms with Crippen LogP contribution in [0.1, 0.15) is 16.7 Å². The largest absolute Gasteiger partial charge is 0.481 e. The first kappa shape index (κ1) is 30.6. The lowest BCUT2D eigenvalue weighted by atomic mass is 10.1. The van der Waals surface area contributed by atoms with Gasteiger partial charge in [-0.05, 0) is 58.4 Å². The standard InChI is InChI=1S/C29H16Br3F3N4O4/c30-20-9-8-18(22(31)13-20)15-43-26-23(32)10-16(11-25(26)39(41)42)14-36-38-27(17-4-3-5-19(12-17)29(33,34)35)37-24-7-2-1-6-21(24)28(38)40/h1-14H,15H2. The number of aromatic nitrogens is 2. The Kier molecular flexibility index (Phi) is 8.81. The summed E-state index contributed by atoms with van der Waals surface area (Å²) in [5, 5.41) is 16.4. The fourth-order valence-corrected chi connectivity index (χ4v) is 5.86. The molecule has 0 radical (unpaired) electrons. The van der Waals surface area contributed by atoms with Crippen LogP contribution in [0.4, 0.5) is 18.9 Å². The minimum absolute atomic E-state index is 0.00448. The van der Waals surface area contributed by atoms with Gasteiger partial charge < -0.3 is 4.74 Å². The monoisotopic (exact) mass is 778 g/mol. The molecule has 0 amide bonds. The molecular formula is C29H16Br3F3N4O4. The average Bonchev–Trinajstić information content (AvgIpc) is 2.96. The third-order valence-electron chi connectivity index (χ3n) is 6.15. The maximum absolute atomic E-state index is 13.5. The van der Waals surface area contributed by atoms with Gasteiger partial charge >= 0.3 is 11.9 Å². The molecule has 218 valence electrons. The second kappa shape index (κ2) is 12.4. The van der Waals surface area contributed by atoms with E-state index in [4.69, 9.17) is 4.74 Å². The lowest BCUT2D eigenvalue weighted by Crippen LogP contribution is -2.20. The Morgan fingerprint density at radius 3 is 2.47 bits per heavy atom. The van der Waals surface area contributed by atoms with E-state index in [1.54, 1.807) is 24.3 Å². The molecule has 0 N–H and O–H groups in total. The number of hydrogen-bond donors (Lipinski definition) is 0. The first-order chi connectivity index (χ1) is 20.4. The van der Waals surface area contributed by atoms with Crippen LogP contribution in [-0.4, -0.2) is 20.8 Å². The predicted octanol–water partition coefficient (Wildman–Crippen LogP) is 8.74. The number of ether oxygens (including phenoxy) is 1. The van der Waals surface area contributed by atoms with Crippen LogP contribution in [0.15, 0.2) is 102 Å². The van der Waals surface area contributed by atoms with E-state index in [0.717, 1.165) is 31.3 Å². The highest BCUT2D eigenvalue weighted by molar-refractivity contribution is 9.11. The summed E-state index contributed by atoms with van der Waals surface area (Å²) >= 11 is 10.1. The van der Waals surface area contributed by atoms with Crippen LogP contribution in [-0.2, 0) is 12.8 Å². The van der Waals surface area contributed by atoms with Crippen LogP contribution in [0.2, 0.25) is 0 Å². The van der Waals surface area contributed by atoms with Crippen LogP contribution in [0.25, 0.3) is 22.3 Å². The van der Waals surface area contributed by atoms with Gasteiger partial charge in [0.1, 0.15) is 6.61 Å². The van der Waals surface area contributed by atoms with Gasteiger partial charge in [-0.25, -0.2) is 4.98 Å². The first-order valence-corrected chi connectivity index (χ1v) is 14.6. The number of benzene rings is 4. The normalized spacial score (nSPS) is 11.8. The van der Waals surface area contributed by atoms with Crippen molar-refractivity contribution < 1.29 is 22.8 Å². The number of nitro benzene ring substituents is 1. The van der Waals surface area contributed by atoms with Crippen molar-refractivity contribution in [1.29, 1.82) is 0 Å². The molecule has 43 heavy (non-hydrogen) atoms. The van der Waals surface area contributed by atoms with E-state index < -0.39 is 22.2 Å². The molecule has 0 saturated heterocycles. The van der Waals surface area contributed by atoms with Crippen LogP contribution >= 0.6 is 47.8 Å². The Bertz CT molecular complexity index is 1980. The van der Waals surface area contributed by atoms with Gasteiger partial charge in [0.2, 0.25) is 5.75 Å². The second-order valence-corrected chi connectivity index (χ2v) is 11.6. The molecule has 0 aliphatic rings. The average molecular weight is 781 g/mol. The van der Waals surface area contributed by atoms with E-state index in [0.29, 0.717) is 0 Å². The molecule has 8 nitrogen and oxygen atoms in total. The van der Waals surface area contributed by atoms with Crippen molar-refractivity contribution in [2.75, 3.05) is 0 Å². The van der Waals surface area contributed by atoms with Gasteiger partial charge in [-0.1, -0.05) is 62.2 Å². The van der Waals surface area contributed by atoms with Crippen molar-refractivity contribution in [2.45, 2.75) is 12.8 Å². The summed E-state index contributed by atoms with van der Waals surface area (Å²) in [6, 6.07) is 18.9. The number of alkyl halides is 3. The van der Waals surface area contributed by atoms with Crippen molar-refractivity contribution in [3.63, 3.8) is 0 Å². The molecule has 5 rings (SSSR count). The Morgan fingerprint density at radius 2 is 1.74 bits per heavy atom. The maximum atomic E-state index is 13.5. The molecule has 0 aliphatic heterocycles. The topological polar surface area (TPSA) is 99.6 Å². The highest BCUT2D eigenvalue weighted by Gasteiger charge is 2.31. The molecule has 0 saturated carbocycles. The molecule has 0 bridgehead atoms. The number of nitro groups is 1. The lowest BCUT2D eigenvalue weighted by molar-refractivity contribution is -0.386. The highest BCUT2D eigenvalue weighted by Crippen LogP contribution is 2.37. The van der Waals surface area contributed by atoms with E-state index in [9.17, 15) is 28.1 Å². The van der Waals surface area contributed by atoms with Crippen LogP contribution in [0.5, 0.6) is 5.75 Å². The summed E-state index contributed by atoms with van der Waals surface area (Å²) in [4.78, 5) is 29.2. The Hall–Kier alpha value is -3.88. The van der Waals surface area contributed by atoms with Gasteiger partial charge in [0.25, 0.3) is 5.56 Å². The van der Waals surface area contributed by atoms with E-state index in [-0.39, 0.29) is 50.4 Å². The van der Waals surface area contributed by atoms with Gasteiger partial charge in [-0.2, -0.15) is 22.9 Å². The van der Waals surface area contributed by atoms with Gasteiger partial charge in [0, 0.05) is 31.7 Å². The Morgan fingerprint density at radius 1 is 0.977 bits per heavy atom. The number of fused-ring (bicyclic) bond motifs is 1. The zero-order valence-corrected chi connectivity index (χ0v) is 26.2. The maximum Gasteiger partial charge on any atom is 0.416 e. The summed E-state index contributed by atoms with van der Waals surface area (Å²) < 4.78 is 48.9. The molecule has 4 aromatic carbocycles. The van der Waals surface area contributed by atoms with Crippen molar-refractivity contribution in [2.24, 2.45) is 5.10 Å². The summed E-state index contributed by atoms with van der Waals surface area (Å²) in [6.45, 7) is 0.0270. The number of nitrogens with zero attached hydrogens (tertiary/aromatic N) is 4. The molecule has 0 spiro atoms. The number of halogens is 6. The molecule has 0 fully saturated rings. The van der Waals surface area contributed by atoms with Crippen LogP contribution < -0.4 is 10.3 Å². The number of para-hydroxylation sites is 1. The van der Waals surface area contributed by atoms with E-state index >= 15 is 0 Å². The molecule has 1 heterocycles. The zero-order valence-electron chi connectivity index (χ0n) is 21.5. The van der Waals surface area contributed by atoms with Crippen LogP contribution in [0, 0.1) is 10.1 Å². The molecule has 0 aliphatic carbocycles.